The van der Waals surface area contributed by atoms with Gasteiger partial charge < -0.3 is 4.90 Å². The van der Waals surface area contributed by atoms with Crippen LogP contribution in [0.15, 0.2) is 0 Å². The van der Waals surface area contributed by atoms with Gasteiger partial charge in [-0.15, -0.1) is 0 Å². The summed E-state index contributed by atoms with van der Waals surface area (Å²) in [6.45, 7) is 4.84. The minimum Gasteiger partial charge on any atom is -0.301 e. The van der Waals surface area contributed by atoms with Crippen LogP contribution < -0.4 is 0 Å². The summed E-state index contributed by atoms with van der Waals surface area (Å²) in [7, 11) is 0. The molecule has 1 aliphatic heterocycles. The molecule has 2 heteroatoms. The third-order valence-electron chi connectivity index (χ3n) is 1.90. The first-order chi connectivity index (χ1) is 4.33. The van der Waals surface area contributed by atoms with Gasteiger partial charge in [-0.2, -0.15) is 0 Å². The molecule has 1 atom stereocenters. The molecule has 0 spiro atoms. The second kappa shape index (κ2) is 3.16. The molecule has 0 unspecified atom stereocenters. The first-order valence-electron chi connectivity index (χ1n) is 3.69. The topological polar surface area (TPSA) is 3.24 Å². The SMILES string of the molecule is CCN1CCC[C@@H](F)C1. The Bertz CT molecular complexity index is 85.0. The van der Waals surface area contributed by atoms with Crippen molar-refractivity contribution in [3.05, 3.63) is 0 Å². The largest absolute Gasteiger partial charge is 0.301 e. The Morgan fingerprint density at radius 3 is 2.89 bits per heavy atom. The maximum absolute atomic E-state index is 12.6. The van der Waals surface area contributed by atoms with E-state index < -0.39 is 6.17 Å². The Morgan fingerprint density at radius 1 is 1.67 bits per heavy atom. The third-order valence-corrected chi connectivity index (χ3v) is 1.90. The molecule has 1 nitrogen and oxygen atoms in total. The molecule has 1 fully saturated rings. The van der Waals surface area contributed by atoms with Gasteiger partial charge in [0.1, 0.15) is 6.17 Å². The lowest BCUT2D eigenvalue weighted by Gasteiger charge is -2.27. The molecule has 0 aromatic rings. The van der Waals surface area contributed by atoms with E-state index in [1.54, 1.807) is 0 Å². The van der Waals surface area contributed by atoms with Crippen LogP contribution in [0, 0.1) is 0 Å². The standard InChI is InChI=1S/C7H14FN/c1-2-9-5-3-4-7(8)6-9/h7H,2-6H2,1H3/t7-/m1/s1. The van der Waals surface area contributed by atoms with Crippen molar-refractivity contribution in [1.29, 1.82) is 0 Å². The molecule has 1 aliphatic rings. The van der Waals surface area contributed by atoms with E-state index in [0.29, 0.717) is 6.54 Å². The summed E-state index contributed by atoms with van der Waals surface area (Å²) >= 11 is 0. The normalized spacial score (nSPS) is 30.7. The second-order valence-electron chi connectivity index (χ2n) is 2.63. The predicted molar refractivity (Wildman–Crippen MR) is 36.2 cm³/mol. The summed E-state index contributed by atoms with van der Waals surface area (Å²) < 4.78 is 12.6. The smallest absolute Gasteiger partial charge is 0.113 e. The molecule has 1 heterocycles. The highest BCUT2D eigenvalue weighted by Gasteiger charge is 2.16. The fourth-order valence-electron chi connectivity index (χ4n) is 1.29. The van der Waals surface area contributed by atoms with Gasteiger partial charge in [0.05, 0.1) is 0 Å². The molecule has 0 aromatic carbocycles. The zero-order valence-corrected chi connectivity index (χ0v) is 5.94. The molecule has 0 bridgehead atoms. The average Bonchev–Trinajstić information content (AvgIpc) is 1.88. The van der Waals surface area contributed by atoms with E-state index >= 15 is 0 Å². The van der Waals surface area contributed by atoms with E-state index in [1.807, 2.05) is 0 Å². The molecule has 0 N–H and O–H groups in total. The quantitative estimate of drug-likeness (QED) is 0.520. The molecule has 9 heavy (non-hydrogen) atoms. The zero-order valence-electron chi connectivity index (χ0n) is 5.94. The fraction of sp³-hybridized carbons (Fsp3) is 1.00. The van der Waals surface area contributed by atoms with Crippen molar-refractivity contribution in [2.24, 2.45) is 0 Å². The number of piperidine rings is 1. The van der Waals surface area contributed by atoms with Gasteiger partial charge in [0.25, 0.3) is 0 Å². The van der Waals surface area contributed by atoms with E-state index in [2.05, 4.69) is 11.8 Å². The second-order valence-corrected chi connectivity index (χ2v) is 2.63. The van der Waals surface area contributed by atoms with Crippen molar-refractivity contribution in [3.8, 4) is 0 Å². The Labute approximate surface area is 55.8 Å². The number of likely N-dealkylation sites (tertiary alicyclic amines) is 1. The van der Waals surface area contributed by atoms with Gasteiger partial charge in [-0.3, -0.25) is 0 Å². The lowest BCUT2D eigenvalue weighted by molar-refractivity contribution is 0.144. The molecule has 54 valence electrons. The summed E-state index contributed by atoms with van der Waals surface area (Å²) in [5.41, 5.74) is 0. The van der Waals surface area contributed by atoms with Gasteiger partial charge in [0.2, 0.25) is 0 Å². The van der Waals surface area contributed by atoms with Crippen LogP contribution in [0.25, 0.3) is 0 Å². The highest BCUT2D eigenvalue weighted by Crippen LogP contribution is 2.11. The first-order valence-corrected chi connectivity index (χ1v) is 3.69. The van der Waals surface area contributed by atoms with E-state index in [1.165, 1.54) is 0 Å². The highest BCUT2D eigenvalue weighted by atomic mass is 19.1. The lowest BCUT2D eigenvalue weighted by Crippen LogP contribution is -2.35. The molecule has 0 radical (unpaired) electrons. The molecule has 1 rings (SSSR count). The van der Waals surface area contributed by atoms with Gasteiger partial charge in [0.15, 0.2) is 0 Å². The zero-order chi connectivity index (χ0) is 6.69. The van der Waals surface area contributed by atoms with Crippen LogP contribution in [0.4, 0.5) is 4.39 Å². The van der Waals surface area contributed by atoms with Crippen LogP contribution in [-0.2, 0) is 0 Å². The van der Waals surface area contributed by atoms with Crippen LogP contribution in [0.2, 0.25) is 0 Å². The fourth-order valence-corrected chi connectivity index (χ4v) is 1.29. The molecule has 0 saturated carbocycles. The van der Waals surface area contributed by atoms with Crippen molar-refractivity contribution in [1.82, 2.24) is 4.90 Å². The Morgan fingerprint density at radius 2 is 2.44 bits per heavy atom. The van der Waals surface area contributed by atoms with Gasteiger partial charge >= 0.3 is 0 Å². The number of halogens is 1. The number of rotatable bonds is 1. The van der Waals surface area contributed by atoms with E-state index in [9.17, 15) is 4.39 Å². The van der Waals surface area contributed by atoms with Crippen LogP contribution >= 0.6 is 0 Å². The Balaban J connectivity index is 2.23. The van der Waals surface area contributed by atoms with Gasteiger partial charge in [0, 0.05) is 6.54 Å². The molecular formula is C7H14FN. The minimum atomic E-state index is -0.557. The molecule has 0 aromatic heterocycles. The first kappa shape index (κ1) is 7.00. The molecule has 0 amide bonds. The predicted octanol–water partition coefficient (Wildman–Crippen LogP) is 1.44. The number of hydrogen-bond acceptors (Lipinski definition) is 1. The van der Waals surface area contributed by atoms with Crippen LogP contribution in [-0.4, -0.2) is 30.7 Å². The minimum absolute atomic E-state index is 0.557. The van der Waals surface area contributed by atoms with E-state index in [0.717, 1.165) is 25.9 Å². The Kier molecular flexibility index (Phi) is 2.46. The van der Waals surface area contributed by atoms with Crippen LogP contribution in [0.3, 0.4) is 0 Å². The summed E-state index contributed by atoms with van der Waals surface area (Å²) in [6.07, 6.45) is 1.25. The van der Waals surface area contributed by atoms with Crippen molar-refractivity contribution in [2.45, 2.75) is 25.9 Å². The van der Waals surface area contributed by atoms with Gasteiger partial charge in [-0.25, -0.2) is 4.39 Å². The lowest BCUT2D eigenvalue weighted by atomic mass is 10.1. The van der Waals surface area contributed by atoms with Crippen LogP contribution in [0.1, 0.15) is 19.8 Å². The average molecular weight is 131 g/mol. The van der Waals surface area contributed by atoms with Crippen LogP contribution in [0.5, 0.6) is 0 Å². The van der Waals surface area contributed by atoms with Crippen molar-refractivity contribution in [3.63, 3.8) is 0 Å². The molecule has 0 aliphatic carbocycles. The highest BCUT2D eigenvalue weighted by molar-refractivity contribution is 4.70. The maximum Gasteiger partial charge on any atom is 0.113 e. The third kappa shape index (κ3) is 1.94. The van der Waals surface area contributed by atoms with E-state index in [4.69, 9.17) is 0 Å². The summed E-state index contributed by atoms with van der Waals surface area (Å²) in [5, 5.41) is 0. The molecule has 1 saturated heterocycles. The van der Waals surface area contributed by atoms with Gasteiger partial charge in [-0.05, 0) is 25.9 Å². The monoisotopic (exact) mass is 131 g/mol. The Hall–Kier alpha value is -0.110. The number of nitrogens with zero attached hydrogens (tertiary/aromatic N) is 1. The van der Waals surface area contributed by atoms with E-state index in [-0.39, 0.29) is 0 Å². The van der Waals surface area contributed by atoms with Crippen molar-refractivity contribution in [2.75, 3.05) is 19.6 Å². The van der Waals surface area contributed by atoms with Crippen molar-refractivity contribution < 1.29 is 4.39 Å². The van der Waals surface area contributed by atoms with Crippen molar-refractivity contribution >= 4 is 0 Å². The number of alkyl halides is 1. The summed E-state index contributed by atoms with van der Waals surface area (Å²) in [5.74, 6) is 0. The summed E-state index contributed by atoms with van der Waals surface area (Å²) in [6, 6.07) is 0. The molecular weight excluding hydrogens is 117 g/mol. The summed E-state index contributed by atoms with van der Waals surface area (Å²) in [4.78, 5) is 2.16. The number of hydrogen-bond donors (Lipinski definition) is 0. The maximum atomic E-state index is 12.6. The van der Waals surface area contributed by atoms with Gasteiger partial charge in [-0.1, -0.05) is 6.92 Å².